The zero-order chi connectivity index (χ0) is 15.3. The van der Waals surface area contributed by atoms with E-state index >= 15 is 0 Å². The molecule has 0 amide bonds. The highest BCUT2D eigenvalue weighted by molar-refractivity contribution is 5.98. The fraction of sp³-hybridized carbons (Fsp3) is 0.562. The monoisotopic (exact) mass is 296 g/mol. The van der Waals surface area contributed by atoms with E-state index in [1.165, 1.54) is 0 Å². The molecule has 0 saturated heterocycles. The summed E-state index contributed by atoms with van der Waals surface area (Å²) in [6.07, 6.45) is 0.468. The Morgan fingerprint density at radius 3 is 2.24 bits per heavy atom. The van der Waals surface area contributed by atoms with Crippen molar-refractivity contribution in [3.05, 3.63) is 29.8 Å². The van der Waals surface area contributed by atoms with Crippen molar-refractivity contribution in [1.82, 2.24) is 0 Å². The summed E-state index contributed by atoms with van der Waals surface area (Å²) < 4.78 is 21.1. The molecule has 0 saturated carbocycles. The van der Waals surface area contributed by atoms with Crippen molar-refractivity contribution < 1.29 is 23.7 Å². The molecule has 0 spiro atoms. The van der Waals surface area contributed by atoms with Gasteiger partial charge < -0.3 is 18.9 Å². The molecule has 1 rings (SSSR count). The number of hydrogen-bond acceptors (Lipinski definition) is 5. The number of Topliss-reactive ketones (excluding diaryl/α,β-unsaturated/α-hetero) is 1. The number of carbonyl (C=O) groups excluding carboxylic acids is 1. The molecule has 0 atom stereocenters. The van der Waals surface area contributed by atoms with E-state index in [-0.39, 0.29) is 5.78 Å². The fourth-order valence-electron chi connectivity index (χ4n) is 1.69. The van der Waals surface area contributed by atoms with Gasteiger partial charge in [-0.3, -0.25) is 4.79 Å². The summed E-state index contributed by atoms with van der Waals surface area (Å²) in [5, 5.41) is 0. The van der Waals surface area contributed by atoms with E-state index in [1.807, 2.05) is 19.1 Å². The maximum absolute atomic E-state index is 11.8. The summed E-state index contributed by atoms with van der Waals surface area (Å²) in [5.74, 6) is 0.697. The number of carbonyl (C=O) groups is 1. The minimum absolute atomic E-state index is 0.0815. The van der Waals surface area contributed by atoms with Gasteiger partial charge in [-0.25, -0.2) is 0 Å². The topological polar surface area (TPSA) is 54.0 Å². The Bertz CT molecular complexity index is 405. The highest BCUT2D eigenvalue weighted by atomic mass is 16.6. The molecule has 0 fully saturated rings. The summed E-state index contributed by atoms with van der Waals surface area (Å²) in [5.41, 5.74) is 0.628. The van der Waals surface area contributed by atoms with Crippen molar-refractivity contribution >= 4 is 5.78 Å². The van der Waals surface area contributed by atoms with Crippen molar-refractivity contribution in [2.75, 3.05) is 46.8 Å². The van der Waals surface area contributed by atoms with Gasteiger partial charge in [-0.1, -0.05) is 19.1 Å². The number of hydrogen-bond donors (Lipinski definition) is 0. The van der Waals surface area contributed by atoms with E-state index in [2.05, 4.69) is 0 Å². The van der Waals surface area contributed by atoms with Gasteiger partial charge >= 0.3 is 0 Å². The van der Waals surface area contributed by atoms with Crippen molar-refractivity contribution in [2.24, 2.45) is 0 Å². The number of para-hydroxylation sites is 1. The number of methoxy groups -OCH3 is 1. The molecule has 0 heterocycles. The van der Waals surface area contributed by atoms with Crippen LogP contribution in [0.3, 0.4) is 0 Å². The van der Waals surface area contributed by atoms with Gasteiger partial charge in [0, 0.05) is 13.5 Å². The zero-order valence-corrected chi connectivity index (χ0v) is 12.8. The Kier molecular flexibility index (Phi) is 9.44. The van der Waals surface area contributed by atoms with Gasteiger partial charge in [-0.15, -0.1) is 0 Å². The largest absolute Gasteiger partial charge is 0.490 e. The predicted octanol–water partition coefficient (Wildman–Crippen LogP) is 2.34. The lowest BCUT2D eigenvalue weighted by atomic mass is 10.1. The molecule has 0 radical (unpaired) electrons. The third-order valence-corrected chi connectivity index (χ3v) is 2.80. The molecule has 0 aliphatic rings. The summed E-state index contributed by atoms with van der Waals surface area (Å²) in [6.45, 7) is 4.92. The van der Waals surface area contributed by atoms with Crippen LogP contribution >= 0.6 is 0 Å². The van der Waals surface area contributed by atoms with Crippen LogP contribution in [0, 0.1) is 0 Å². The van der Waals surface area contributed by atoms with Gasteiger partial charge in [0.15, 0.2) is 5.78 Å². The van der Waals surface area contributed by atoms with Crippen LogP contribution < -0.4 is 4.74 Å². The highest BCUT2D eigenvalue weighted by Crippen LogP contribution is 2.19. The van der Waals surface area contributed by atoms with E-state index in [9.17, 15) is 4.79 Å². The van der Waals surface area contributed by atoms with E-state index < -0.39 is 0 Å². The minimum atomic E-state index is 0.0815. The Balaban J connectivity index is 2.17. The maximum atomic E-state index is 11.8. The average molecular weight is 296 g/mol. The second-order valence-corrected chi connectivity index (χ2v) is 4.34. The first kappa shape index (κ1) is 17.6. The molecule has 5 heteroatoms. The van der Waals surface area contributed by atoms with Gasteiger partial charge in [0.1, 0.15) is 12.4 Å². The van der Waals surface area contributed by atoms with Gasteiger partial charge in [0.05, 0.1) is 38.6 Å². The summed E-state index contributed by atoms with van der Waals surface area (Å²) >= 11 is 0. The molecule has 0 aliphatic carbocycles. The number of ether oxygens (including phenoxy) is 4. The minimum Gasteiger partial charge on any atom is -0.490 e. The second kappa shape index (κ2) is 11.3. The molecule has 1 aromatic carbocycles. The SMILES string of the molecule is CCC(=O)c1ccccc1OCCOCCOCCOC. The third kappa shape index (κ3) is 7.22. The van der Waals surface area contributed by atoms with Crippen molar-refractivity contribution in [3.63, 3.8) is 0 Å². The van der Waals surface area contributed by atoms with Crippen molar-refractivity contribution in [3.8, 4) is 5.75 Å². The lowest BCUT2D eigenvalue weighted by molar-refractivity contribution is 0.0179. The van der Waals surface area contributed by atoms with Crippen LogP contribution in [0.5, 0.6) is 5.75 Å². The van der Waals surface area contributed by atoms with Crippen molar-refractivity contribution in [2.45, 2.75) is 13.3 Å². The normalized spacial score (nSPS) is 10.6. The standard InChI is InChI=1S/C16H24O5/c1-3-15(17)14-6-4-5-7-16(14)21-13-12-20-11-10-19-9-8-18-2/h4-7H,3,8-13H2,1-2H3. The third-order valence-electron chi connectivity index (χ3n) is 2.80. The fourth-order valence-corrected chi connectivity index (χ4v) is 1.69. The number of rotatable bonds is 12. The molecule has 1 aromatic rings. The van der Waals surface area contributed by atoms with E-state index in [0.717, 1.165) is 0 Å². The molecule has 5 nitrogen and oxygen atoms in total. The van der Waals surface area contributed by atoms with Crippen LogP contribution in [-0.2, 0) is 14.2 Å². The molecule has 0 aromatic heterocycles. The molecular weight excluding hydrogens is 272 g/mol. The Labute approximate surface area is 126 Å². The Morgan fingerprint density at radius 1 is 0.952 bits per heavy atom. The lowest BCUT2D eigenvalue weighted by Gasteiger charge is -2.10. The first-order valence-corrected chi connectivity index (χ1v) is 7.19. The quantitative estimate of drug-likeness (QED) is 0.438. The smallest absolute Gasteiger partial charge is 0.166 e. The van der Waals surface area contributed by atoms with Gasteiger partial charge in [0.25, 0.3) is 0 Å². The first-order chi connectivity index (χ1) is 10.3. The van der Waals surface area contributed by atoms with Gasteiger partial charge in [-0.2, -0.15) is 0 Å². The molecule has 0 bridgehead atoms. The summed E-state index contributed by atoms with van der Waals surface area (Å²) in [4.78, 5) is 11.8. The van der Waals surface area contributed by atoms with E-state index in [0.29, 0.717) is 57.4 Å². The van der Waals surface area contributed by atoms with Crippen LogP contribution in [0.2, 0.25) is 0 Å². The Hall–Kier alpha value is -1.43. The highest BCUT2D eigenvalue weighted by Gasteiger charge is 2.09. The summed E-state index contributed by atoms with van der Waals surface area (Å²) in [7, 11) is 1.64. The zero-order valence-electron chi connectivity index (χ0n) is 12.8. The van der Waals surface area contributed by atoms with Crippen LogP contribution in [-0.4, -0.2) is 52.5 Å². The first-order valence-electron chi connectivity index (χ1n) is 7.19. The molecule has 0 aliphatic heterocycles. The maximum Gasteiger partial charge on any atom is 0.166 e. The van der Waals surface area contributed by atoms with Crippen LogP contribution in [0.1, 0.15) is 23.7 Å². The predicted molar refractivity (Wildman–Crippen MR) is 80.1 cm³/mol. The summed E-state index contributed by atoms with van der Waals surface area (Å²) in [6, 6.07) is 7.28. The lowest BCUT2D eigenvalue weighted by Crippen LogP contribution is -2.13. The number of benzene rings is 1. The van der Waals surface area contributed by atoms with Crippen molar-refractivity contribution in [1.29, 1.82) is 0 Å². The van der Waals surface area contributed by atoms with Crippen LogP contribution in [0.4, 0.5) is 0 Å². The average Bonchev–Trinajstić information content (AvgIpc) is 2.53. The molecule has 0 unspecified atom stereocenters. The molecule has 0 N–H and O–H groups in total. The molecular formula is C16H24O5. The van der Waals surface area contributed by atoms with E-state index in [1.54, 1.807) is 19.2 Å². The van der Waals surface area contributed by atoms with Crippen LogP contribution in [0.15, 0.2) is 24.3 Å². The Morgan fingerprint density at radius 2 is 1.57 bits per heavy atom. The second-order valence-electron chi connectivity index (χ2n) is 4.34. The van der Waals surface area contributed by atoms with Gasteiger partial charge in [-0.05, 0) is 12.1 Å². The number of ketones is 1. The molecule has 118 valence electrons. The van der Waals surface area contributed by atoms with Crippen LogP contribution in [0.25, 0.3) is 0 Å². The van der Waals surface area contributed by atoms with E-state index in [4.69, 9.17) is 18.9 Å². The van der Waals surface area contributed by atoms with Gasteiger partial charge in [0.2, 0.25) is 0 Å². The molecule has 21 heavy (non-hydrogen) atoms.